The minimum absolute atomic E-state index is 0. The van der Waals surface area contributed by atoms with Crippen LogP contribution in [-0.4, -0.2) is 62.3 Å². The van der Waals surface area contributed by atoms with E-state index < -0.39 is 0 Å². The zero-order valence-corrected chi connectivity index (χ0v) is 7.86. The van der Waals surface area contributed by atoms with Crippen LogP contribution >= 0.6 is 17.0 Å². The van der Waals surface area contributed by atoms with Crippen molar-refractivity contribution in [3.8, 4) is 0 Å². The largest absolute Gasteiger partial charge is 0.316 e. The summed E-state index contributed by atoms with van der Waals surface area (Å²) < 4.78 is 0. The van der Waals surface area contributed by atoms with Crippen LogP contribution in [-0.2, 0) is 0 Å². The molecule has 1 fully saturated rings. The normalized spacial score (nSPS) is 19.6. The first-order valence-electron chi connectivity index (χ1n) is 3.62. The lowest BCUT2D eigenvalue weighted by Crippen LogP contribution is -2.27. The Morgan fingerprint density at radius 1 is 0.545 bits per heavy atom. The highest BCUT2D eigenvalue weighted by Crippen LogP contribution is 1.65. The van der Waals surface area contributed by atoms with Crippen molar-refractivity contribution in [3.05, 3.63) is 0 Å². The van der Waals surface area contributed by atoms with Gasteiger partial charge in [-0.05, 0) is 0 Å². The molecule has 0 saturated carbocycles. The summed E-state index contributed by atoms with van der Waals surface area (Å²) in [6, 6.07) is 0. The third-order valence-electron chi connectivity index (χ3n) is 1.44. The maximum absolute atomic E-state index is 3.30. The van der Waals surface area contributed by atoms with Crippen molar-refractivity contribution in [1.82, 2.24) is 16.0 Å². The molecule has 0 aliphatic carbocycles. The highest BCUT2D eigenvalue weighted by atomic mass is 79.9. The number of hydrogen-bond donors (Lipinski definition) is 3. The van der Waals surface area contributed by atoms with Gasteiger partial charge >= 0.3 is 23.1 Å². The van der Waals surface area contributed by atoms with E-state index in [1.807, 2.05) is 0 Å². The molecule has 66 valence electrons. The summed E-state index contributed by atoms with van der Waals surface area (Å²) >= 11 is 0. The van der Waals surface area contributed by atoms with Gasteiger partial charge in [-0.1, -0.05) is 0 Å². The zero-order chi connectivity index (χ0) is 6.36. The third kappa shape index (κ3) is 9.04. The van der Waals surface area contributed by atoms with Crippen LogP contribution in [0.4, 0.5) is 0 Å². The van der Waals surface area contributed by atoms with Gasteiger partial charge in [0.1, 0.15) is 0 Å². The lowest BCUT2D eigenvalue weighted by Gasteiger charge is -1.99. The molecule has 0 spiro atoms. The standard InChI is InChI=1S/C6H15N3.BrH.Mg.2H/c1-2-8-5-6-9-4-3-7-1;;;;/h7-9H,1-6H2;1H;;;. The minimum atomic E-state index is 0. The van der Waals surface area contributed by atoms with Gasteiger partial charge in [0, 0.05) is 39.3 Å². The van der Waals surface area contributed by atoms with E-state index in [0.29, 0.717) is 0 Å². The summed E-state index contributed by atoms with van der Waals surface area (Å²) in [6.07, 6.45) is 0. The highest BCUT2D eigenvalue weighted by Gasteiger charge is 1.91. The van der Waals surface area contributed by atoms with Crippen molar-refractivity contribution >= 4 is 40.0 Å². The Morgan fingerprint density at radius 3 is 0.909 bits per heavy atom. The molecular weight excluding hydrogens is 218 g/mol. The van der Waals surface area contributed by atoms with Crippen LogP contribution in [0.25, 0.3) is 0 Å². The molecule has 1 aliphatic heterocycles. The average molecular weight is 236 g/mol. The number of nitrogens with one attached hydrogen (secondary N) is 3. The van der Waals surface area contributed by atoms with Crippen molar-refractivity contribution in [3.63, 3.8) is 0 Å². The van der Waals surface area contributed by atoms with Gasteiger partial charge < -0.3 is 16.0 Å². The SMILES string of the molecule is Br.C1CNCCNCCN1.[MgH2]. The van der Waals surface area contributed by atoms with Crippen molar-refractivity contribution in [2.75, 3.05) is 39.3 Å². The second kappa shape index (κ2) is 11.1. The minimum Gasteiger partial charge on any atom is -0.314 e. The fourth-order valence-electron chi connectivity index (χ4n) is 0.905. The lowest BCUT2D eigenvalue weighted by molar-refractivity contribution is 0.652. The van der Waals surface area contributed by atoms with Gasteiger partial charge in [-0.3, -0.25) is 0 Å². The Kier molecular flexibility index (Phi) is 14.8. The Morgan fingerprint density at radius 2 is 0.727 bits per heavy atom. The maximum Gasteiger partial charge on any atom is 0.316 e. The molecule has 1 aliphatic rings. The molecule has 0 aromatic heterocycles. The quantitative estimate of drug-likeness (QED) is 0.445. The molecule has 1 rings (SSSR count). The molecule has 1 heterocycles. The first-order chi connectivity index (χ1) is 4.50. The first kappa shape index (κ1) is 14.6. The van der Waals surface area contributed by atoms with Gasteiger partial charge in [-0.2, -0.15) is 0 Å². The zero-order valence-electron chi connectivity index (χ0n) is 6.15. The van der Waals surface area contributed by atoms with Crippen LogP contribution in [0.1, 0.15) is 0 Å². The first-order valence-corrected chi connectivity index (χ1v) is 3.62. The molecule has 0 bridgehead atoms. The summed E-state index contributed by atoms with van der Waals surface area (Å²) in [5, 5.41) is 9.91. The summed E-state index contributed by atoms with van der Waals surface area (Å²) in [7, 11) is 0. The van der Waals surface area contributed by atoms with Crippen LogP contribution in [0.15, 0.2) is 0 Å². The second-order valence-corrected chi connectivity index (χ2v) is 2.25. The van der Waals surface area contributed by atoms with Crippen LogP contribution in [0.3, 0.4) is 0 Å². The Labute approximate surface area is 95.0 Å². The van der Waals surface area contributed by atoms with Crippen molar-refractivity contribution in [1.29, 1.82) is 0 Å². The molecule has 0 radical (unpaired) electrons. The number of hydrogen-bond acceptors (Lipinski definition) is 3. The van der Waals surface area contributed by atoms with Gasteiger partial charge in [0.05, 0.1) is 0 Å². The average Bonchev–Trinajstić information content (AvgIpc) is 2.00. The van der Waals surface area contributed by atoms with Crippen molar-refractivity contribution in [2.45, 2.75) is 0 Å². The van der Waals surface area contributed by atoms with E-state index in [-0.39, 0.29) is 40.0 Å². The lowest BCUT2D eigenvalue weighted by atomic mass is 10.6. The molecule has 11 heavy (non-hydrogen) atoms. The molecule has 0 atom stereocenters. The van der Waals surface area contributed by atoms with E-state index in [1.54, 1.807) is 0 Å². The fourth-order valence-corrected chi connectivity index (χ4v) is 0.905. The molecule has 0 unspecified atom stereocenters. The highest BCUT2D eigenvalue weighted by molar-refractivity contribution is 8.93. The van der Waals surface area contributed by atoms with E-state index in [4.69, 9.17) is 0 Å². The fraction of sp³-hybridized carbons (Fsp3) is 1.00. The van der Waals surface area contributed by atoms with Crippen LogP contribution in [0.5, 0.6) is 0 Å². The Hall–Kier alpha value is 1.13. The Balaban J connectivity index is 0. The summed E-state index contributed by atoms with van der Waals surface area (Å²) in [5.74, 6) is 0. The Bertz CT molecular complexity index is 46.3. The third-order valence-corrected chi connectivity index (χ3v) is 1.44. The summed E-state index contributed by atoms with van der Waals surface area (Å²) in [5.41, 5.74) is 0. The summed E-state index contributed by atoms with van der Waals surface area (Å²) in [6.45, 7) is 6.59. The predicted octanol–water partition coefficient (Wildman–Crippen LogP) is -1.57. The van der Waals surface area contributed by atoms with E-state index in [1.165, 1.54) is 0 Å². The van der Waals surface area contributed by atoms with Crippen LogP contribution < -0.4 is 16.0 Å². The van der Waals surface area contributed by atoms with Gasteiger partial charge in [-0.25, -0.2) is 0 Å². The predicted molar refractivity (Wildman–Crippen MR) is 57.5 cm³/mol. The van der Waals surface area contributed by atoms with Gasteiger partial charge in [-0.15, -0.1) is 17.0 Å². The molecule has 0 amide bonds. The molecule has 0 aromatic rings. The van der Waals surface area contributed by atoms with Gasteiger partial charge in [0.25, 0.3) is 0 Å². The van der Waals surface area contributed by atoms with E-state index in [0.717, 1.165) is 39.3 Å². The van der Waals surface area contributed by atoms with E-state index >= 15 is 0 Å². The van der Waals surface area contributed by atoms with Crippen LogP contribution in [0, 0.1) is 0 Å². The number of rotatable bonds is 0. The van der Waals surface area contributed by atoms with Gasteiger partial charge in [0.2, 0.25) is 0 Å². The maximum atomic E-state index is 3.30. The monoisotopic (exact) mass is 235 g/mol. The molecule has 3 N–H and O–H groups in total. The molecule has 0 aromatic carbocycles. The van der Waals surface area contributed by atoms with E-state index in [2.05, 4.69) is 16.0 Å². The topological polar surface area (TPSA) is 36.1 Å². The van der Waals surface area contributed by atoms with E-state index in [9.17, 15) is 0 Å². The molecule has 3 nitrogen and oxygen atoms in total. The summed E-state index contributed by atoms with van der Waals surface area (Å²) in [4.78, 5) is 0. The smallest absolute Gasteiger partial charge is 0.314 e. The van der Waals surface area contributed by atoms with Crippen molar-refractivity contribution < 1.29 is 0 Å². The molecule has 1 saturated heterocycles. The molecular formula is C6H18BrMgN3. The van der Waals surface area contributed by atoms with Crippen LogP contribution in [0.2, 0.25) is 0 Å². The number of halogens is 1. The molecule has 5 heteroatoms. The second-order valence-electron chi connectivity index (χ2n) is 2.25. The van der Waals surface area contributed by atoms with Crippen molar-refractivity contribution in [2.24, 2.45) is 0 Å². The van der Waals surface area contributed by atoms with Gasteiger partial charge in [0.15, 0.2) is 0 Å².